The molecule has 0 N–H and O–H groups in total. The van der Waals surface area contributed by atoms with E-state index in [1.54, 1.807) is 4.90 Å². The van der Waals surface area contributed by atoms with E-state index in [4.69, 9.17) is 0 Å². The Bertz CT molecular complexity index is 1080. The number of nitrogens with zero attached hydrogens (tertiary/aromatic N) is 2. The molecule has 0 saturated heterocycles. The van der Waals surface area contributed by atoms with Crippen LogP contribution in [0.1, 0.15) is 35.7 Å². The lowest BCUT2D eigenvalue weighted by Crippen LogP contribution is -2.46. The molecule has 1 unspecified atom stereocenters. The Morgan fingerprint density at radius 1 is 1.03 bits per heavy atom. The summed E-state index contributed by atoms with van der Waals surface area (Å²) in [5.74, 6) is 0.493. The summed E-state index contributed by atoms with van der Waals surface area (Å²) in [6.45, 7) is 2.80. The van der Waals surface area contributed by atoms with Gasteiger partial charge in [0.05, 0.1) is 5.69 Å². The Hall–Kier alpha value is -3.14. The minimum Gasteiger partial charge on any atom is -0.334 e. The summed E-state index contributed by atoms with van der Waals surface area (Å²) in [7, 11) is 0. The molecule has 5 rings (SSSR count). The molecule has 3 aromatic carbocycles. The molecule has 146 valence electrons. The van der Waals surface area contributed by atoms with Crippen LogP contribution in [0.4, 0.5) is 5.69 Å². The molecule has 1 saturated carbocycles. The van der Waals surface area contributed by atoms with E-state index in [-0.39, 0.29) is 24.4 Å². The van der Waals surface area contributed by atoms with Gasteiger partial charge in [0.1, 0.15) is 6.54 Å². The zero-order chi connectivity index (χ0) is 20.0. The van der Waals surface area contributed by atoms with Crippen molar-refractivity contribution in [1.82, 2.24) is 4.90 Å². The third-order valence-electron chi connectivity index (χ3n) is 6.25. The Kier molecular flexibility index (Phi) is 4.35. The lowest BCUT2D eigenvalue weighted by molar-refractivity contribution is -0.132. The number of amides is 2. The van der Waals surface area contributed by atoms with Gasteiger partial charge in [0.15, 0.2) is 0 Å². The molecule has 1 heterocycles. The van der Waals surface area contributed by atoms with E-state index in [1.165, 1.54) is 12.8 Å². The second-order valence-electron chi connectivity index (χ2n) is 8.16. The summed E-state index contributed by atoms with van der Waals surface area (Å²) in [5, 5.41) is 1.99. The van der Waals surface area contributed by atoms with Gasteiger partial charge in [-0.2, -0.15) is 0 Å². The van der Waals surface area contributed by atoms with Crippen molar-refractivity contribution >= 4 is 28.3 Å². The summed E-state index contributed by atoms with van der Waals surface area (Å²) < 4.78 is 0. The highest BCUT2D eigenvalue weighted by Crippen LogP contribution is 2.38. The van der Waals surface area contributed by atoms with Gasteiger partial charge in [-0.1, -0.05) is 54.6 Å². The van der Waals surface area contributed by atoms with Gasteiger partial charge < -0.3 is 4.90 Å². The zero-order valence-corrected chi connectivity index (χ0v) is 16.5. The molecule has 4 heteroatoms. The van der Waals surface area contributed by atoms with Gasteiger partial charge in [0.25, 0.3) is 5.91 Å². The van der Waals surface area contributed by atoms with Crippen molar-refractivity contribution < 1.29 is 9.59 Å². The molecule has 29 heavy (non-hydrogen) atoms. The zero-order valence-electron chi connectivity index (χ0n) is 16.5. The molecule has 1 aliphatic heterocycles. The molecule has 0 aromatic heterocycles. The number of benzene rings is 3. The first kappa shape index (κ1) is 17.9. The first-order valence-electron chi connectivity index (χ1n) is 10.3. The molecule has 1 atom stereocenters. The fourth-order valence-corrected chi connectivity index (χ4v) is 4.43. The van der Waals surface area contributed by atoms with Crippen LogP contribution in [0, 0.1) is 5.92 Å². The van der Waals surface area contributed by atoms with Crippen LogP contribution in [0.25, 0.3) is 10.8 Å². The standard InChI is InChI=1S/C25H24N2O2/c1-17(19-13-14-19)26(15-18-7-3-2-4-8-18)23(28)16-27-22-12-6-10-20-9-5-11-21(24(20)22)25(27)29/h2-12,17,19H,13-16H2,1H3. The lowest BCUT2D eigenvalue weighted by Gasteiger charge is -2.31. The summed E-state index contributed by atoms with van der Waals surface area (Å²) in [5.41, 5.74) is 2.65. The van der Waals surface area contributed by atoms with Crippen LogP contribution in [0.5, 0.6) is 0 Å². The van der Waals surface area contributed by atoms with Crippen molar-refractivity contribution in [1.29, 1.82) is 0 Å². The SMILES string of the molecule is CC(C1CC1)N(Cc1ccccc1)C(=O)CN1C(=O)c2cccc3cccc1c23. The second-order valence-corrected chi connectivity index (χ2v) is 8.16. The Morgan fingerprint density at radius 2 is 1.76 bits per heavy atom. The van der Waals surface area contributed by atoms with E-state index in [1.807, 2.05) is 59.5 Å². The van der Waals surface area contributed by atoms with Gasteiger partial charge in [-0.15, -0.1) is 0 Å². The van der Waals surface area contributed by atoms with Gasteiger partial charge in [-0.05, 0) is 48.8 Å². The minimum absolute atomic E-state index is 0.00594. The maximum absolute atomic E-state index is 13.4. The molecule has 0 spiro atoms. The highest BCUT2D eigenvalue weighted by molar-refractivity contribution is 6.26. The number of hydrogen-bond acceptors (Lipinski definition) is 2. The Balaban J connectivity index is 1.43. The highest BCUT2D eigenvalue weighted by Gasteiger charge is 2.37. The van der Waals surface area contributed by atoms with Crippen LogP contribution in [-0.4, -0.2) is 29.3 Å². The fraction of sp³-hybridized carbons (Fsp3) is 0.280. The third kappa shape index (κ3) is 3.19. The van der Waals surface area contributed by atoms with Gasteiger partial charge in [-0.3, -0.25) is 14.5 Å². The van der Waals surface area contributed by atoms with Crippen molar-refractivity contribution in [3.63, 3.8) is 0 Å². The molecule has 3 aromatic rings. The molecule has 0 bridgehead atoms. The van der Waals surface area contributed by atoms with E-state index >= 15 is 0 Å². The Morgan fingerprint density at radius 3 is 2.48 bits per heavy atom. The quantitative estimate of drug-likeness (QED) is 0.622. The summed E-state index contributed by atoms with van der Waals surface area (Å²) in [6.07, 6.45) is 2.35. The molecule has 0 radical (unpaired) electrons. The van der Waals surface area contributed by atoms with Gasteiger partial charge in [-0.25, -0.2) is 0 Å². The van der Waals surface area contributed by atoms with Crippen molar-refractivity contribution in [3.8, 4) is 0 Å². The number of hydrogen-bond donors (Lipinski definition) is 0. The van der Waals surface area contributed by atoms with Crippen molar-refractivity contribution in [2.24, 2.45) is 5.92 Å². The Labute approximate surface area is 170 Å². The maximum Gasteiger partial charge on any atom is 0.259 e. The molecule has 2 amide bonds. The normalized spacial score (nSPS) is 16.3. The van der Waals surface area contributed by atoms with Crippen molar-refractivity contribution in [3.05, 3.63) is 77.9 Å². The van der Waals surface area contributed by atoms with Crippen LogP contribution in [-0.2, 0) is 11.3 Å². The van der Waals surface area contributed by atoms with E-state index in [9.17, 15) is 9.59 Å². The first-order chi connectivity index (χ1) is 14.1. The average molecular weight is 384 g/mol. The maximum atomic E-state index is 13.4. The molecule has 4 nitrogen and oxygen atoms in total. The third-order valence-corrected chi connectivity index (χ3v) is 6.25. The van der Waals surface area contributed by atoms with Crippen LogP contribution >= 0.6 is 0 Å². The molecule has 1 fully saturated rings. The van der Waals surface area contributed by atoms with E-state index in [2.05, 4.69) is 19.1 Å². The highest BCUT2D eigenvalue weighted by atomic mass is 16.2. The van der Waals surface area contributed by atoms with Crippen LogP contribution in [0.15, 0.2) is 66.7 Å². The summed E-state index contributed by atoms with van der Waals surface area (Å²) in [4.78, 5) is 30.1. The number of carbonyl (C=O) groups excluding carboxylic acids is 2. The molecule has 1 aliphatic carbocycles. The minimum atomic E-state index is -0.0797. The van der Waals surface area contributed by atoms with E-state index in [0.717, 1.165) is 22.0 Å². The van der Waals surface area contributed by atoms with E-state index < -0.39 is 0 Å². The topological polar surface area (TPSA) is 40.6 Å². The fourth-order valence-electron chi connectivity index (χ4n) is 4.43. The summed E-state index contributed by atoms with van der Waals surface area (Å²) >= 11 is 0. The smallest absolute Gasteiger partial charge is 0.259 e. The van der Waals surface area contributed by atoms with Crippen LogP contribution in [0.3, 0.4) is 0 Å². The van der Waals surface area contributed by atoms with Crippen LogP contribution < -0.4 is 4.90 Å². The number of rotatable bonds is 6. The second kappa shape index (κ2) is 7.03. The molecular weight excluding hydrogens is 360 g/mol. The monoisotopic (exact) mass is 384 g/mol. The van der Waals surface area contributed by atoms with Crippen LogP contribution in [0.2, 0.25) is 0 Å². The van der Waals surface area contributed by atoms with Gasteiger partial charge in [0.2, 0.25) is 5.91 Å². The van der Waals surface area contributed by atoms with Gasteiger partial charge >= 0.3 is 0 Å². The first-order valence-corrected chi connectivity index (χ1v) is 10.3. The largest absolute Gasteiger partial charge is 0.334 e. The van der Waals surface area contributed by atoms with Crippen molar-refractivity contribution in [2.45, 2.75) is 32.4 Å². The average Bonchev–Trinajstić information content (AvgIpc) is 3.56. The van der Waals surface area contributed by atoms with E-state index in [0.29, 0.717) is 18.0 Å². The number of anilines is 1. The van der Waals surface area contributed by atoms with Gasteiger partial charge in [0, 0.05) is 23.5 Å². The molecule has 2 aliphatic rings. The summed E-state index contributed by atoms with van der Waals surface area (Å²) in [6, 6.07) is 21.9. The molecular formula is C25H24N2O2. The van der Waals surface area contributed by atoms with Crippen molar-refractivity contribution in [2.75, 3.05) is 11.4 Å². The lowest BCUT2D eigenvalue weighted by atomic mass is 10.1. The predicted molar refractivity (Wildman–Crippen MR) is 115 cm³/mol. The predicted octanol–water partition coefficient (Wildman–Crippen LogP) is 4.63. The number of carbonyl (C=O) groups is 2.